The summed E-state index contributed by atoms with van der Waals surface area (Å²) in [5.41, 5.74) is 0.704. The molecular formula is C27H20F3N9O2. The maximum absolute atomic E-state index is 15.5. The molecule has 0 bridgehead atoms. The maximum Gasteiger partial charge on any atom is 0.270 e. The molecule has 5 aromatic rings. The lowest BCUT2D eigenvalue weighted by molar-refractivity contribution is -0.125. The summed E-state index contributed by atoms with van der Waals surface area (Å²) < 4.78 is 50.7. The molecule has 0 atom stereocenters. The normalized spacial score (nSPS) is 13.5. The van der Waals surface area contributed by atoms with E-state index in [1.54, 1.807) is 11.1 Å². The van der Waals surface area contributed by atoms with Crippen LogP contribution >= 0.6 is 0 Å². The van der Waals surface area contributed by atoms with E-state index in [0.717, 1.165) is 5.57 Å². The van der Waals surface area contributed by atoms with Crippen LogP contribution in [0.25, 0.3) is 22.3 Å². The Morgan fingerprint density at radius 3 is 2.80 bits per heavy atom. The number of hydrogen-bond donors (Lipinski definition) is 1. The molecule has 1 aliphatic rings. The number of amides is 1. The highest BCUT2D eigenvalue weighted by atomic mass is 19.3. The van der Waals surface area contributed by atoms with Gasteiger partial charge in [0.2, 0.25) is 5.91 Å². The number of carbonyl (C=O) groups excluding carboxylic acids is 1. The number of rotatable bonds is 7. The molecule has 0 saturated carbocycles. The summed E-state index contributed by atoms with van der Waals surface area (Å²) in [5.74, 6) is -1.04. The van der Waals surface area contributed by atoms with E-state index in [2.05, 4.69) is 41.9 Å². The van der Waals surface area contributed by atoms with Crippen LogP contribution in [0.15, 0.2) is 68.0 Å². The molecule has 14 heteroatoms. The number of nitrogens with one attached hydrogen (secondary N) is 1. The molecule has 4 aromatic heterocycles. The minimum atomic E-state index is -3.18. The Hall–Kier alpha value is -5.40. The summed E-state index contributed by atoms with van der Waals surface area (Å²) in [7, 11) is 0. The predicted octanol–water partition coefficient (Wildman–Crippen LogP) is 4.88. The van der Waals surface area contributed by atoms with Gasteiger partial charge in [-0.05, 0) is 36.3 Å². The Kier molecular flexibility index (Phi) is 6.71. The minimum absolute atomic E-state index is 0.101. The highest BCUT2D eigenvalue weighted by Gasteiger charge is 2.24. The third-order valence-corrected chi connectivity index (χ3v) is 6.45. The Balaban J connectivity index is 1.31. The topological polar surface area (TPSA) is 123 Å². The van der Waals surface area contributed by atoms with Gasteiger partial charge < -0.3 is 15.0 Å². The monoisotopic (exact) mass is 559 g/mol. The Morgan fingerprint density at radius 2 is 2.02 bits per heavy atom. The number of ether oxygens (including phenoxy) is 1. The summed E-state index contributed by atoms with van der Waals surface area (Å²) in [4.78, 5) is 34.8. The molecule has 5 heterocycles. The lowest BCUT2D eigenvalue weighted by Crippen LogP contribution is -2.33. The van der Waals surface area contributed by atoms with Crippen molar-refractivity contribution < 1.29 is 22.7 Å². The molecule has 11 nitrogen and oxygen atoms in total. The zero-order valence-corrected chi connectivity index (χ0v) is 21.2. The van der Waals surface area contributed by atoms with Gasteiger partial charge in [0.05, 0.1) is 17.4 Å². The van der Waals surface area contributed by atoms with Crippen LogP contribution in [0, 0.1) is 5.82 Å². The number of benzene rings is 1. The fraction of sp³-hybridized carbons (Fsp3) is 0.148. The number of hydrogen-bond acceptors (Lipinski definition) is 9. The molecule has 0 unspecified atom stereocenters. The number of nitrogens with zero attached hydrogens (tertiary/aromatic N) is 8. The number of carbonyl (C=O) groups is 1. The lowest BCUT2D eigenvalue weighted by atomic mass is 10.1. The van der Waals surface area contributed by atoms with E-state index >= 15 is 4.39 Å². The van der Waals surface area contributed by atoms with E-state index in [1.165, 1.54) is 53.7 Å². The smallest absolute Gasteiger partial charge is 0.270 e. The van der Waals surface area contributed by atoms with Crippen molar-refractivity contribution in [1.82, 2.24) is 39.4 Å². The van der Waals surface area contributed by atoms with Gasteiger partial charge in [-0.25, -0.2) is 42.6 Å². The second-order valence-corrected chi connectivity index (χ2v) is 8.91. The third kappa shape index (κ3) is 5.02. The molecule has 0 spiro atoms. The minimum Gasteiger partial charge on any atom is -0.457 e. The van der Waals surface area contributed by atoms with Gasteiger partial charge in [-0.3, -0.25) is 4.79 Å². The maximum atomic E-state index is 15.5. The fourth-order valence-corrected chi connectivity index (χ4v) is 4.38. The quantitative estimate of drug-likeness (QED) is 0.278. The number of aromatic nitrogens is 7. The van der Waals surface area contributed by atoms with E-state index in [4.69, 9.17) is 4.74 Å². The van der Waals surface area contributed by atoms with Gasteiger partial charge in [0.15, 0.2) is 23.1 Å². The molecule has 1 N–H and O–H groups in total. The van der Waals surface area contributed by atoms with Crippen LogP contribution in [-0.2, 0) is 4.79 Å². The van der Waals surface area contributed by atoms with Gasteiger partial charge >= 0.3 is 0 Å². The first-order valence-corrected chi connectivity index (χ1v) is 12.3. The summed E-state index contributed by atoms with van der Waals surface area (Å²) in [6.07, 6.45) is 6.05. The van der Waals surface area contributed by atoms with Crippen molar-refractivity contribution in [2.24, 2.45) is 0 Å². The van der Waals surface area contributed by atoms with Crippen LogP contribution in [-0.4, -0.2) is 58.4 Å². The Morgan fingerprint density at radius 1 is 1.15 bits per heavy atom. The first-order chi connectivity index (χ1) is 19.9. The van der Waals surface area contributed by atoms with Crippen LogP contribution < -0.4 is 10.1 Å². The molecular weight excluding hydrogens is 539 g/mol. The molecule has 0 fully saturated rings. The third-order valence-electron chi connectivity index (χ3n) is 6.45. The Bertz CT molecular complexity index is 1840. The van der Waals surface area contributed by atoms with Crippen molar-refractivity contribution >= 4 is 39.7 Å². The van der Waals surface area contributed by atoms with Crippen molar-refractivity contribution in [1.29, 1.82) is 0 Å². The largest absolute Gasteiger partial charge is 0.457 e. The predicted molar refractivity (Wildman–Crippen MR) is 142 cm³/mol. The van der Waals surface area contributed by atoms with Gasteiger partial charge in [0.25, 0.3) is 6.43 Å². The Labute approximate surface area is 230 Å². The van der Waals surface area contributed by atoms with E-state index < -0.39 is 17.8 Å². The number of pyridine rings is 1. The molecule has 206 valence electrons. The van der Waals surface area contributed by atoms with E-state index in [1.807, 2.05) is 6.08 Å². The number of anilines is 2. The average molecular weight is 560 g/mol. The first-order valence-electron chi connectivity index (χ1n) is 12.3. The molecule has 1 aliphatic heterocycles. The molecule has 0 aliphatic carbocycles. The van der Waals surface area contributed by atoms with Crippen LogP contribution in [0.2, 0.25) is 0 Å². The standard InChI is InChI=1S/C27H20F3N9O2/c1-2-21(40)38-8-5-15(6-9-38)26-31-12-18-24(37-26)27(34-13-32-18)36-17-3-4-19(22(23(17)28)25(29)30)41-16-7-10-39-20(11-16)33-14-35-39/h2-5,7,10-14,25H,1,6,8-9H2,(H,32,34,36). The molecule has 0 radical (unpaired) electrons. The van der Waals surface area contributed by atoms with Crippen LogP contribution in [0.3, 0.4) is 0 Å². The van der Waals surface area contributed by atoms with Gasteiger partial charge in [-0.2, -0.15) is 5.10 Å². The molecule has 0 saturated heterocycles. The van der Waals surface area contributed by atoms with Crippen LogP contribution in [0.5, 0.6) is 11.5 Å². The van der Waals surface area contributed by atoms with Crippen LogP contribution in [0.4, 0.5) is 24.7 Å². The van der Waals surface area contributed by atoms with E-state index in [9.17, 15) is 13.6 Å². The number of alkyl halides is 2. The van der Waals surface area contributed by atoms with Crippen molar-refractivity contribution in [3.8, 4) is 11.5 Å². The first kappa shape index (κ1) is 25.9. The molecule has 1 amide bonds. The van der Waals surface area contributed by atoms with Crippen LogP contribution in [0.1, 0.15) is 24.2 Å². The second kappa shape index (κ2) is 10.6. The van der Waals surface area contributed by atoms with Crippen molar-refractivity contribution in [2.45, 2.75) is 12.8 Å². The summed E-state index contributed by atoms with van der Waals surface area (Å²) in [5, 5.41) is 6.74. The number of halogens is 3. The van der Waals surface area contributed by atoms with Crippen molar-refractivity contribution in [2.75, 3.05) is 18.4 Å². The van der Waals surface area contributed by atoms with Crippen molar-refractivity contribution in [3.05, 3.63) is 85.2 Å². The van der Waals surface area contributed by atoms with Gasteiger partial charge in [0, 0.05) is 25.4 Å². The SMILES string of the molecule is C=CC(=O)N1CC=C(c2ncc3ncnc(Nc4ccc(Oc5ccn6ncnc6c5)c(C(F)F)c4F)c3n2)CC1. The van der Waals surface area contributed by atoms with Gasteiger partial charge in [-0.15, -0.1) is 0 Å². The highest BCUT2D eigenvalue weighted by molar-refractivity contribution is 5.89. The zero-order chi connectivity index (χ0) is 28.5. The molecule has 6 rings (SSSR count). The summed E-state index contributed by atoms with van der Waals surface area (Å²) in [6, 6.07) is 5.51. The van der Waals surface area contributed by atoms with Crippen molar-refractivity contribution in [3.63, 3.8) is 0 Å². The van der Waals surface area contributed by atoms with Gasteiger partial charge in [0.1, 0.15) is 35.2 Å². The number of fused-ring (bicyclic) bond motifs is 2. The molecule has 1 aromatic carbocycles. The summed E-state index contributed by atoms with van der Waals surface area (Å²) in [6.45, 7) is 4.35. The zero-order valence-electron chi connectivity index (χ0n) is 21.2. The average Bonchev–Trinajstić information content (AvgIpc) is 3.46. The highest BCUT2D eigenvalue weighted by Crippen LogP contribution is 2.38. The second-order valence-electron chi connectivity index (χ2n) is 8.91. The lowest BCUT2D eigenvalue weighted by Gasteiger charge is -2.24. The van der Waals surface area contributed by atoms with E-state index in [-0.39, 0.29) is 34.4 Å². The van der Waals surface area contributed by atoms with Gasteiger partial charge in [-0.1, -0.05) is 12.7 Å². The summed E-state index contributed by atoms with van der Waals surface area (Å²) >= 11 is 0. The fourth-order valence-electron chi connectivity index (χ4n) is 4.38. The molecule has 41 heavy (non-hydrogen) atoms. The van der Waals surface area contributed by atoms with E-state index in [0.29, 0.717) is 36.5 Å².